The summed E-state index contributed by atoms with van der Waals surface area (Å²) in [6.07, 6.45) is 0. The highest BCUT2D eigenvalue weighted by Crippen LogP contribution is 2.56. The minimum absolute atomic E-state index is 0.0578. The van der Waals surface area contributed by atoms with E-state index in [-0.39, 0.29) is 16.2 Å². The molecule has 0 saturated carbocycles. The molecule has 0 unspecified atom stereocenters. The summed E-state index contributed by atoms with van der Waals surface area (Å²) in [7, 11) is 0. The first-order valence-electron chi connectivity index (χ1n) is 25.3. The smallest absolute Gasteiger partial charge is 0.0546 e. The largest absolute Gasteiger partial charge is 0.310 e. The van der Waals surface area contributed by atoms with Gasteiger partial charge in [0.05, 0.1) is 5.69 Å². The van der Waals surface area contributed by atoms with E-state index in [1.165, 1.54) is 105 Å². The SMILES string of the molecule is CC1(C)c2ccccc2-c2cc(N(c3ccccc3)c3ccc4c(c3)C(C)(C)c3cccc5c3c-4cc3c4ccccc4c(N(c4ccccc4)c4ccc6c(c4)C(C)(C)c4ccccc4-6)cc53)ccc21. The molecule has 2 nitrogen and oxygen atoms in total. The summed E-state index contributed by atoms with van der Waals surface area (Å²) in [5, 5.41) is 7.63. The van der Waals surface area contributed by atoms with Gasteiger partial charge >= 0.3 is 0 Å². The lowest BCUT2D eigenvalue weighted by molar-refractivity contribution is 0.645. The number of para-hydroxylation sites is 2. The van der Waals surface area contributed by atoms with Crippen LogP contribution in [0.3, 0.4) is 0 Å². The van der Waals surface area contributed by atoms with E-state index in [4.69, 9.17) is 0 Å². The molecule has 71 heavy (non-hydrogen) atoms. The number of anilines is 6. The fraction of sp³-hybridized carbons (Fsp3) is 0.130. The third-order valence-corrected chi connectivity index (χ3v) is 16.8. The van der Waals surface area contributed by atoms with Crippen molar-refractivity contribution >= 4 is 66.4 Å². The van der Waals surface area contributed by atoms with E-state index >= 15 is 0 Å². The Balaban J connectivity index is 0.965. The van der Waals surface area contributed by atoms with E-state index in [1.54, 1.807) is 0 Å². The predicted molar refractivity (Wildman–Crippen MR) is 301 cm³/mol. The first kappa shape index (κ1) is 41.7. The van der Waals surface area contributed by atoms with Gasteiger partial charge in [0.2, 0.25) is 0 Å². The van der Waals surface area contributed by atoms with Crippen LogP contribution < -0.4 is 9.80 Å². The molecule has 0 N–H and O–H groups in total. The number of nitrogens with zero attached hydrogens (tertiary/aromatic N) is 2. The lowest BCUT2D eigenvalue weighted by Crippen LogP contribution is -2.24. The van der Waals surface area contributed by atoms with Crippen LogP contribution in [-0.2, 0) is 16.2 Å². The van der Waals surface area contributed by atoms with Gasteiger partial charge in [-0.15, -0.1) is 0 Å². The molecular formula is C69H54N2. The molecule has 0 fully saturated rings. The van der Waals surface area contributed by atoms with Crippen molar-refractivity contribution in [1.29, 1.82) is 0 Å². The van der Waals surface area contributed by atoms with E-state index in [9.17, 15) is 0 Å². The predicted octanol–water partition coefficient (Wildman–Crippen LogP) is 19.0. The van der Waals surface area contributed by atoms with Crippen LogP contribution in [0.4, 0.5) is 34.1 Å². The second-order valence-corrected chi connectivity index (χ2v) is 21.7. The van der Waals surface area contributed by atoms with Crippen molar-refractivity contribution in [2.24, 2.45) is 0 Å². The van der Waals surface area contributed by atoms with Crippen LogP contribution in [-0.4, -0.2) is 0 Å². The molecule has 340 valence electrons. The number of hydrogen-bond donors (Lipinski definition) is 0. The molecule has 0 radical (unpaired) electrons. The van der Waals surface area contributed by atoms with Gasteiger partial charge in [0, 0.05) is 50.1 Å². The number of hydrogen-bond acceptors (Lipinski definition) is 2. The summed E-state index contributed by atoms with van der Waals surface area (Å²) < 4.78 is 0. The third-order valence-electron chi connectivity index (χ3n) is 16.8. The second kappa shape index (κ2) is 14.9. The Morgan fingerprint density at radius 3 is 1.35 bits per heavy atom. The van der Waals surface area contributed by atoms with E-state index in [2.05, 4.69) is 270 Å². The van der Waals surface area contributed by atoms with Gasteiger partial charge in [-0.05, 0) is 166 Å². The molecule has 2 heteroatoms. The Hall–Kier alpha value is -8.20. The molecule has 0 atom stereocenters. The molecule has 0 aromatic heterocycles. The van der Waals surface area contributed by atoms with Gasteiger partial charge in [0.15, 0.2) is 0 Å². The molecule has 0 saturated heterocycles. The van der Waals surface area contributed by atoms with Gasteiger partial charge in [-0.1, -0.05) is 187 Å². The quantitative estimate of drug-likeness (QED) is 0.153. The van der Waals surface area contributed by atoms with Gasteiger partial charge in [0.1, 0.15) is 0 Å². The zero-order valence-electron chi connectivity index (χ0n) is 41.2. The molecule has 0 aliphatic heterocycles. The molecule has 0 spiro atoms. The Morgan fingerprint density at radius 2 is 0.676 bits per heavy atom. The number of benzene rings is 11. The maximum absolute atomic E-state index is 2.51. The van der Waals surface area contributed by atoms with Crippen LogP contribution in [0, 0.1) is 0 Å². The van der Waals surface area contributed by atoms with Gasteiger partial charge in [-0.2, -0.15) is 0 Å². The second-order valence-electron chi connectivity index (χ2n) is 21.7. The highest BCUT2D eigenvalue weighted by molar-refractivity contribution is 6.25. The third kappa shape index (κ3) is 5.88. The lowest BCUT2D eigenvalue weighted by atomic mass is 9.68. The Kier molecular flexibility index (Phi) is 8.76. The summed E-state index contributed by atoms with van der Waals surface area (Å²) in [5.74, 6) is 0. The van der Waals surface area contributed by atoms with E-state index in [0.717, 1.165) is 28.4 Å². The summed E-state index contributed by atoms with van der Waals surface area (Å²) in [5.41, 5.74) is 22.6. The summed E-state index contributed by atoms with van der Waals surface area (Å²) >= 11 is 0. The Morgan fingerprint density at radius 1 is 0.239 bits per heavy atom. The van der Waals surface area contributed by atoms with Crippen LogP contribution >= 0.6 is 0 Å². The van der Waals surface area contributed by atoms with E-state index in [1.807, 2.05) is 0 Å². The fourth-order valence-corrected chi connectivity index (χ4v) is 13.2. The first-order chi connectivity index (χ1) is 34.5. The minimum atomic E-state index is -0.292. The maximum Gasteiger partial charge on any atom is 0.0546 e. The summed E-state index contributed by atoms with van der Waals surface area (Å²) in [6, 6.07) is 82.3. The zero-order valence-corrected chi connectivity index (χ0v) is 41.2. The van der Waals surface area contributed by atoms with Crippen LogP contribution in [0.2, 0.25) is 0 Å². The van der Waals surface area contributed by atoms with Crippen molar-refractivity contribution in [3.63, 3.8) is 0 Å². The number of rotatable bonds is 6. The van der Waals surface area contributed by atoms with Crippen molar-refractivity contribution in [3.8, 4) is 33.4 Å². The molecule has 0 heterocycles. The average molecular weight is 911 g/mol. The van der Waals surface area contributed by atoms with Gasteiger partial charge in [-0.25, -0.2) is 0 Å². The van der Waals surface area contributed by atoms with Crippen molar-refractivity contribution in [1.82, 2.24) is 0 Å². The van der Waals surface area contributed by atoms with Crippen molar-refractivity contribution < 1.29 is 0 Å². The highest BCUT2D eigenvalue weighted by atomic mass is 15.1. The zero-order chi connectivity index (χ0) is 48.0. The number of fused-ring (bicyclic) bond motifs is 12. The molecule has 11 aromatic carbocycles. The molecule has 14 rings (SSSR count). The summed E-state index contributed by atoms with van der Waals surface area (Å²) in [6.45, 7) is 14.3. The first-order valence-corrected chi connectivity index (χ1v) is 25.3. The maximum atomic E-state index is 2.51. The average Bonchev–Trinajstić information content (AvgIpc) is 3.77. The van der Waals surface area contributed by atoms with Crippen molar-refractivity contribution in [3.05, 3.63) is 252 Å². The molecule has 11 aromatic rings. The standard InChI is InChI=1S/C69H54N2/c1-67(2)60-30-18-16-26-50(60)57-38-45(34-37-61(57)67)70(43-20-9-7-10-21-43)46-32-36-52-58-41-55-48-24-13-14-27-53(48)65(42-56(55)54-28-19-31-62(66(54)58)69(5,6)64(52)39-46)71(44-22-11-8-12-23-44)47-33-35-51-49-25-15-17-29-59(49)68(3,4)63(51)40-47/h7-42H,1-6H3. The molecular weight excluding hydrogens is 857 g/mol. The van der Waals surface area contributed by atoms with Crippen LogP contribution in [0.5, 0.6) is 0 Å². The van der Waals surface area contributed by atoms with E-state index in [0.29, 0.717) is 0 Å². The monoisotopic (exact) mass is 910 g/mol. The molecule has 0 amide bonds. The van der Waals surface area contributed by atoms with Gasteiger partial charge < -0.3 is 9.80 Å². The Labute approximate surface area is 417 Å². The van der Waals surface area contributed by atoms with E-state index < -0.39 is 0 Å². The molecule has 3 aliphatic rings. The van der Waals surface area contributed by atoms with Crippen LogP contribution in [0.1, 0.15) is 74.9 Å². The van der Waals surface area contributed by atoms with Gasteiger partial charge in [-0.3, -0.25) is 0 Å². The molecule has 0 bridgehead atoms. The van der Waals surface area contributed by atoms with Crippen molar-refractivity contribution in [2.75, 3.05) is 9.80 Å². The topological polar surface area (TPSA) is 6.48 Å². The summed E-state index contributed by atoms with van der Waals surface area (Å²) in [4.78, 5) is 4.95. The normalized spacial score (nSPS) is 15.0. The fourth-order valence-electron chi connectivity index (χ4n) is 13.2. The van der Waals surface area contributed by atoms with Crippen LogP contribution in [0.15, 0.2) is 218 Å². The van der Waals surface area contributed by atoms with Crippen LogP contribution in [0.25, 0.3) is 65.7 Å². The van der Waals surface area contributed by atoms with Crippen molar-refractivity contribution in [2.45, 2.75) is 57.8 Å². The minimum Gasteiger partial charge on any atom is -0.310 e. The lowest BCUT2D eigenvalue weighted by Gasteiger charge is -2.37. The molecule has 3 aliphatic carbocycles. The highest BCUT2D eigenvalue weighted by Gasteiger charge is 2.39. The Bertz CT molecular complexity index is 4030. The van der Waals surface area contributed by atoms with Gasteiger partial charge in [0.25, 0.3) is 0 Å².